The van der Waals surface area contributed by atoms with Crippen LogP contribution in [0.2, 0.25) is 0 Å². The lowest BCUT2D eigenvalue weighted by Crippen LogP contribution is -2.13. The first kappa shape index (κ1) is 10.1. The van der Waals surface area contributed by atoms with Crippen molar-refractivity contribution >= 4 is 5.78 Å². The second-order valence-electron chi connectivity index (χ2n) is 5.58. The topological polar surface area (TPSA) is 17.1 Å². The number of Topliss-reactive ketones (excluding diaryl/α,β-unsaturated/α-hetero) is 1. The van der Waals surface area contributed by atoms with Crippen molar-refractivity contribution in [2.24, 2.45) is 5.41 Å². The molecule has 0 aromatic heterocycles. The Kier molecular flexibility index (Phi) is 2.17. The first-order chi connectivity index (χ1) is 7.69. The maximum Gasteiger partial charge on any atom is 0.168 e. The van der Waals surface area contributed by atoms with Crippen molar-refractivity contribution in [1.82, 2.24) is 0 Å². The Bertz CT molecular complexity index is 441. The van der Waals surface area contributed by atoms with Crippen LogP contribution in [0, 0.1) is 5.41 Å². The van der Waals surface area contributed by atoms with Gasteiger partial charge in [-0.1, -0.05) is 19.1 Å². The zero-order chi connectivity index (χ0) is 11.2. The van der Waals surface area contributed by atoms with Gasteiger partial charge in [-0.3, -0.25) is 4.79 Å². The van der Waals surface area contributed by atoms with Crippen LogP contribution >= 0.6 is 0 Å². The van der Waals surface area contributed by atoms with Gasteiger partial charge in [0.25, 0.3) is 0 Å². The summed E-state index contributed by atoms with van der Waals surface area (Å²) in [6, 6.07) is 6.36. The van der Waals surface area contributed by atoms with Gasteiger partial charge in [-0.15, -0.1) is 0 Å². The highest BCUT2D eigenvalue weighted by molar-refractivity contribution is 6.02. The molecule has 2 aliphatic carbocycles. The first-order valence-electron chi connectivity index (χ1n) is 6.36. The van der Waals surface area contributed by atoms with Crippen LogP contribution in [0.5, 0.6) is 0 Å². The van der Waals surface area contributed by atoms with E-state index in [9.17, 15) is 4.79 Å². The van der Waals surface area contributed by atoms with Crippen molar-refractivity contribution in [2.45, 2.75) is 45.4 Å². The van der Waals surface area contributed by atoms with E-state index in [1.54, 1.807) is 0 Å². The average molecular weight is 214 g/mol. The van der Waals surface area contributed by atoms with E-state index >= 15 is 0 Å². The molecule has 0 bridgehead atoms. The maximum absolute atomic E-state index is 12.2. The van der Waals surface area contributed by atoms with E-state index in [2.05, 4.69) is 19.1 Å². The fourth-order valence-corrected chi connectivity index (χ4v) is 2.64. The lowest BCUT2D eigenvalue weighted by molar-refractivity contribution is 0.0912. The predicted octanol–water partition coefficient (Wildman–Crippen LogP) is 3.55. The summed E-state index contributed by atoms with van der Waals surface area (Å²) >= 11 is 0. The van der Waals surface area contributed by atoms with E-state index in [4.69, 9.17) is 0 Å². The smallest absolute Gasteiger partial charge is 0.168 e. The van der Waals surface area contributed by atoms with Crippen LogP contribution in [0.1, 0.15) is 54.1 Å². The number of aryl methyl sites for hydroxylation is 2. The zero-order valence-corrected chi connectivity index (χ0v) is 9.88. The van der Waals surface area contributed by atoms with Gasteiger partial charge in [0.15, 0.2) is 5.78 Å². The third-order valence-corrected chi connectivity index (χ3v) is 4.16. The fraction of sp³-hybridized carbons (Fsp3) is 0.533. The van der Waals surface area contributed by atoms with Gasteiger partial charge in [0.2, 0.25) is 0 Å². The fourth-order valence-electron chi connectivity index (χ4n) is 2.64. The highest BCUT2D eigenvalue weighted by atomic mass is 16.1. The highest BCUT2D eigenvalue weighted by Crippen LogP contribution is 2.47. The normalized spacial score (nSPS) is 21.3. The van der Waals surface area contributed by atoms with Gasteiger partial charge in [0, 0.05) is 11.0 Å². The lowest BCUT2D eigenvalue weighted by Gasteiger charge is -2.17. The zero-order valence-electron chi connectivity index (χ0n) is 9.88. The van der Waals surface area contributed by atoms with Gasteiger partial charge < -0.3 is 0 Å². The quantitative estimate of drug-likeness (QED) is 0.688. The average Bonchev–Trinajstić information content (AvgIpc) is 3.07. The van der Waals surface area contributed by atoms with Crippen molar-refractivity contribution in [2.75, 3.05) is 0 Å². The van der Waals surface area contributed by atoms with Crippen LogP contribution in [-0.2, 0) is 12.8 Å². The molecule has 0 radical (unpaired) electrons. The van der Waals surface area contributed by atoms with E-state index < -0.39 is 0 Å². The Balaban J connectivity index is 1.94. The Morgan fingerprint density at radius 1 is 1.12 bits per heavy atom. The molecule has 0 spiro atoms. The van der Waals surface area contributed by atoms with Gasteiger partial charge in [-0.05, 0) is 55.7 Å². The number of ketones is 1. The third kappa shape index (κ3) is 1.59. The molecule has 0 heterocycles. The van der Waals surface area contributed by atoms with Crippen molar-refractivity contribution in [3.63, 3.8) is 0 Å². The van der Waals surface area contributed by atoms with Gasteiger partial charge in [-0.2, -0.15) is 0 Å². The molecule has 1 saturated carbocycles. The summed E-state index contributed by atoms with van der Waals surface area (Å²) in [6.45, 7) is 2.09. The molecule has 3 rings (SSSR count). The Morgan fingerprint density at radius 3 is 2.50 bits per heavy atom. The molecule has 0 saturated heterocycles. The number of carbonyl (C=O) groups is 1. The number of hydrogen-bond donors (Lipinski definition) is 0. The predicted molar refractivity (Wildman–Crippen MR) is 64.8 cm³/mol. The van der Waals surface area contributed by atoms with Gasteiger partial charge in [0.1, 0.15) is 0 Å². The third-order valence-electron chi connectivity index (χ3n) is 4.16. The molecule has 1 nitrogen and oxygen atoms in total. The van der Waals surface area contributed by atoms with Crippen LogP contribution in [-0.4, -0.2) is 5.78 Å². The summed E-state index contributed by atoms with van der Waals surface area (Å²) in [5.74, 6) is 0.362. The Hall–Kier alpha value is -1.11. The van der Waals surface area contributed by atoms with E-state index in [0.717, 1.165) is 24.8 Å². The van der Waals surface area contributed by atoms with Gasteiger partial charge in [0.05, 0.1) is 0 Å². The molecule has 84 valence electrons. The minimum absolute atomic E-state index is 0.0249. The monoisotopic (exact) mass is 214 g/mol. The van der Waals surface area contributed by atoms with Crippen LogP contribution in [0.3, 0.4) is 0 Å². The molecule has 1 aromatic carbocycles. The summed E-state index contributed by atoms with van der Waals surface area (Å²) in [5.41, 5.74) is 3.80. The number of rotatable bonds is 2. The lowest BCUT2D eigenvalue weighted by atomic mass is 9.87. The molecule has 0 amide bonds. The molecular formula is C15H18O. The van der Waals surface area contributed by atoms with E-state index in [1.165, 1.54) is 30.4 Å². The molecule has 0 aliphatic heterocycles. The summed E-state index contributed by atoms with van der Waals surface area (Å²) in [4.78, 5) is 12.2. The Morgan fingerprint density at radius 2 is 1.81 bits per heavy atom. The molecule has 0 atom stereocenters. The minimum atomic E-state index is -0.0249. The molecule has 2 aliphatic rings. The molecule has 0 unspecified atom stereocenters. The van der Waals surface area contributed by atoms with Crippen LogP contribution in [0.25, 0.3) is 0 Å². The van der Waals surface area contributed by atoms with Crippen LogP contribution in [0.4, 0.5) is 0 Å². The van der Waals surface area contributed by atoms with E-state index in [0.29, 0.717) is 5.78 Å². The van der Waals surface area contributed by atoms with Crippen molar-refractivity contribution in [3.8, 4) is 0 Å². The summed E-state index contributed by atoms with van der Waals surface area (Å²) < 4.78 is 0. The first-order valence-corrected chi connectivity index (χ1v) is 6.36. The molecule has 1 fully saturated rings. The minimum Gasteiger partial charge on any atom is -0.294 e. The molecule has 1 heteroatoms. The SMILES string of the molecule is CC1(C(=O)c2ccc3c(c2)CCCC3)CC1. The van der Waals surface area contributed by atoms with Crippen LogP contribution in [0.15, 0.2) is 18.2 Å². The highest BCUT2D eigenvalue weighted by Gasteiger charge is 2.44. The molecule has 0 N–H and O–H groups in total. The standard InChI is InChI=1S/C15H18O/c1-15(8-9-15)14(16)13-7-6-11-4-2-3-5-12(11)10-13/h6-7,10H,2-5,8-9H2,1H3. The van der Waals surface area contributed by atoms with Gasteiger partial charge in [-0.25, -0.2) is 0 Å². The van der Waals surface area contributed by atoms with Crippen molar-refractivity contribution in [3.05, 3.63) is 34.9 Å². The van der Waals surface area contributed by atoms with E-state index in [-0.39, 0.29) is 5.41 Å². The van der Waals surface area contributed by atoms with Gasteiger partial charge >= 0.3 is 0 Å². The Labute approximate surface area is 96.9 Å². The van der Waals surface area contributed by atoms with Crippen molar-refractivity contribution < 1.29 is 4.79 Å². The maximum atomic E-state index is 12.2. The van der Waals surface area contributed by atoms with E-state index in [1.807, 2.05) is 6.07 Å². The molecule has 1 aromatic rings. The second kappa shape index (κ2) is 3.44. The molecular weight excluding hydrogens is 196 g/mol. The largest absolute Gasteiger partial charge is 0.294 e. The second-order valence-corrected chi connectivity index (χ2v) is 5.58. The number of hydrogen-bond acceptors (Lipinski definition) is 1. The summed E-state index contributed by atoms with van der Waals surface area (Å²) in [5, 5.41) is 0. The number of benzene rings is 1. The van der Waals surface area contributed by atoms with Crippen LogP contribution < -0.4 is 0 Å². The molecule has 16 heavy (non-hydrogen) atoms. The van der Waals surface area contributed by atoms with Crippen molar-refractivity contribution in [1.29, 1.82) is 0 Å². The summed E-state index contributed by atoms with van der Waals surface area (Å²) in [6.07, 6.45) is 7.08. The summed E-state index contributed by atoms with van der Waals surface area (Å²) in [7, 11) is 0. The number of carbonyl (C=O) groups excluding carboxylic acids is 1. The number of fused-ring (bicyclic) bond motifs is 1.